The van der Waals surface area contributed by atoms with Gasteiger partial charge in [0.2, 0.25) is 0 Å². The lowest BCUT2D eigenvalue weighted by Gasteiger charge is -2.24. The van der Waals surface area contributed by atoms with Crippen LogP contribution in [0.4, 0.5) is 13.2 Å². The first-order valence-corrected chi connectivity index (χ1v) is 7.44. The minimum absolute atomic E-state index is 0.0616. The maximum Gasteiger partial charge on any atom is 0.417 e. The number of pyridine rings is 1. The first-order chi connectivity index (χ1) is 11.5. The highest BCUT2D eigenvalue weighted by Gasteiger charge is 2.40. The third-order valence-corrected chi connectivity index (χ3v) is 3.91. The fraction of sp³-hybridized carbons (Fsp3) is 0.158. The summed E-state index contributed by atoms with van der Waals surface area (Å²) < 4.78 is 41.5. The molecule has 3 rings (SSSR count). The Morgan fingerprint density at radius 3 is 2.46 bits per heavy atom. The number of nitrogens with zero attached hydrogens (tertiary/aromatic N) is 2. The van der Waals surface area contributed by atoms with Crippen molar-refractivity contribution in [2.45, 2.75) is 19.0 Å². The molecule has 0 atom stereocenters. The zero-order valence-electron chi connectivity index (χ0n) is 12.6. The molecule has 120 valence electrons. The summed E-state index contributed by atoms with van der Waals surface area (Å²) in [5.41, 5.74) is 0.396. The van der Waals surface area contributed by atoms with Gasteiger partial charge in [-0.15, -0.1) is 0 Å². The summed E-state index contributed by atoms with van der Waals surface area (Å²) in [7, 11) is 0. The first kappa shape index (κ1) is 16.0. The van der Waals surface area contributed by atoms with E-state index in [0.717, 1.165) is 0 Å². The van der Waals surface area contributed by atoms with Gasteiger partial charge in [-0.05, 0) is 47.8 Å². The van der Waals surface area contributed by atoms with Gasteiger partial charge in [0.1, 0.15) is 0 Å². The third-order valence-electron chi connectivity index (χ3n) is 3.91. The predicted molar refractivity (Wildman–Crippen MR) is 85.6 cm³/mol. The molecule has 0 spiro atoms. The average Bonchev–Trinajstić information content (AvgIpc) is 2.61. The lowest BCUT2D eigenvalue weighted by atomic mass is 9.83. The van der Waals surface area contributed by atoms with Gasteiger partial charge in [-0.2, -0.15) is 18.4 Å². The highest BCUT2D eigenvalue weighted by Crippen LogP contribution is 2.45. The molecule has 0 radical (unpaired) electrons. The van der Waals surface area contributed by atoms with Crippen molar-refractivity contribution in [1.29, 1.82) is 5.26 Å². The smallest absolute Gasteiger partial charge is 0.257 e. The van der Waals surface area contributed by atoms with Crippen molar-refractivity contribution in [3.8, 4) is 6.07 Å². The molecule has 0 unspecified atom stereocenters. The Morgan fingerprint density at radius 2 is 1.79 bits per heavy atom. The maximum atomic E-state index is 13.8. The summed E-state index contributed by atoms with van der Waals surface area (Å²) in [5.74, 6) is 0. The Kier molecular flexibility index (Phi) is 4.22. The van der Waals surface area contributed by atoms with E-state index in [2.05, 4.69) is 4.98 Å². The number of allylic oxidation sites excluding steroid dienone is 4. The number of aromatic nitrogens is 1. The molecule has 1 heterocycles. The monoisotopic (exact) mass is 326 g/mol. The second kappa shape index (κ2) is 6.32. The van der Waals surface area contributed by atoms with Gasteiger partial charge in [0.25, 0.3) is 0 Å². The molecule has 0 saturated carbocycles. The van der Waals surface area contributed by atoms with E-state index in [9.17, 15) is 18.4 Å². The van der Waals surface area contributed by atoms with Gasteiger partial charge in [0.15, 0.2) is 0 Å². The van der Waals surface area contributed by atoms with E-state index in [1.807, 2.05) is 6.07 Å². The SMILES string of the molecule is N#Cc1ccccc1C1=CCCC(c2ccccn2)=C1C(F)(F)F. The zero-order chi connectivity index (χ0) is 17.2. The topological polar surface area (TPSA) is 36.7 Å². The number of alkyl halides is 3. The molecule has 2 nitrogen and oxygen atoms in total. The quantitative estimate of drug-likeness (QED) is 0.765. The van der Waals surface area contributed by atoms with E-state index in [1.54, 1.807) is 42.5 Å². The van der Waals surface area contributed by atoms with E-state index in [-0.39, 0.29) is 23.1 Å². The van der Waals surface area contributed by atoms with Crippen LogP contribution in [0.1, 0.15) is 29.7 Å². The van der Waals surface area contributed by atoms with Crippen LogP contribution in [0.5, 0.6) is 0 Å². The number of benzene rings is 1. The van der Waals surface area contributed by atoms with Crippen LogP contribution in [-0.2, 0) is 0 Å². The lowest BCUT2D eigenvalue weighted by Crippen LogP contribution is -2.18. The minimum atomic E-state index is -4.53. The highest BCUT2D eigenvalue weighted by molar-refractivity contribution is 5.93. The van der Waals surface area contributed by atoms with Gasteiger partial charge >= 0.3 is 6.18 Å². The maximum absolute atomic E-state index is 13.8. The molecule has 2 aromatic rings. The number of hydrogen-bond donors (Lipinski definition) is 0. The van der Waals surface area contributed by atoms with Crippen molar-refractivity contribution < 1.29 is 13.2 Å². The van der Waals surface area contributed by atoms with Crippen LogP contribution in [0.25, 0.3) is 11.1 Å². The van der Waals surface area contributed by atoms with E-state index in [0.29, 0.717) is 17.7 Å². The summed E-state index contributed by atoms with van der Waals surface area (Å²) >= 11 is 0. The number of nitriles is 1. The molecule has 0 aliphatic heterocycles. The Labute approximate surface area is 137 Å². The molecule has 1 aromatic carbocycles. The first-order valence-electron chi connectivity index (χ1n) is 7.44. The Morgan fingerprint density at radius 1 is 1.04 bits per heavy atom. The van der Waals surface area contributed by atoms with Gasteiger partial charge in [-0.25, -0.2) is 0 Å². The molecule has 0 bridgehead atoms. The molecule has 0 saturated heterocycles. The molecule has 1 aliphatic rings. The van der Waals surface area contributed by atoms with Crippen molar-refractivity contribution in [3.63, 3.8) is 0 Å². The highest BCUT2D eigenvalue weighted by atomic mass is 19.4. The van der Waals surface area contributed by atoms with Crippen molar-refractivity contribution in [3.05, 3.63) is 77.1 Å². The number of hydrogen-bond acceptors (Lipinski definition) is 2. The van der Waals surface area contributed by atoms with E-state index in [4.69, 9.17) is 0 Å². The zero-order valence-corrected chi connectivity index (χ0v) is 12.6. The summed E-state index contributed by atoms with van der Waals surface area (Å²) in [6.45, 7) is 0. The van der Waals surface area contributed by atoms with Crippen molar-refractivity contribution in [2.24, 2.45) is 0 Å². The van der Waals surface area contributed by atoms with Gasteiger partial charge in [-0.3, -0.25) is 4.98 Å². The van der Waals surface area contributed by atoms with E-state index >= 15 is 0 Å². The van der Waals surface area contributed by atoms with Crippen LogP contribution >= 0.6 is 0 Å². The van der Waals surface area contributed by atoms with Crippen molar-refractivity contribution in [2.75, 3.05) is 0 Å². The molecule has 0 amide bonds. The van der Waals surface area contributed by atoms with Crippen LogP contribution < -0.4 is 0 Å². The molecule has 0 N–H and O–H groups in total. The molecule has 1 aromatic heterocycles. The second-order valence-electron chi connectivity index (χ2n) is 5.38. The predicted octanol–water partition coefficient (Wildman–Crippen LogP) is 5.15. The molecule has 5 heteroatoms. The summed E-state index contributed by atoms with van der Waals surface area (Å²) in [6.07, 6.45) is -0.741. The Bertz CT molecular complexity index is 856. The number of halogens is 3. The lowest BCUT2D eigenvalue weighted by molar-refractivity contribution is -0.0868. The molecular formula is C19H13F3N2. The molecule has 24 heavy (non-hydrogen) atoms. The van der Waals surface area contributed by atoms with Gasteiger partial charge in [0.05, 0.1) is 22.9 Å². The molecule has 1 aliphatic carbocycles. The fourth-order valence-corrected chi connectivity index (χ4v) is 2.93. The van der Waals surface area contributed by atoms with Crippen LogP contribution in [0.2, 0.25) is 0 Å². The van der Waals surface area contributed by atoms with Gasteiger partial charge in [-0.1, -0.05) is 30.3 Å². The Balaban J connectivity index is 2.25. The molecule has 0 fully saturated rings. The van der Waals surface area contributed by atoms with Crippen LogP contribution in [0, 0.1) is 11.3 Å². The van der Waals surface area contributed by atoms with Crippen LogP contribution in [0.3, 0.4) is 0 Å². The summed E-state index contributed by atoms with van der Waals surface area (Å²) in [4.78, 5) is 4.09. The fourth-order valence-electron chi connectivity index (χ4n) is 2.93. The van der Waals surface area contributed by atoms with Crippen molar-refractivity contribution >= 4 is 11.1 Å². The summed E-state index contributed by atoms with van der Waals surface area (Å²) in [5, 5.41) is 9.23. The molecular weight excluding hydrogens is 313 g/mol. The van der Waals surface area contributed by atoms with Crippen LogP contribution in [0.15, 0.2) is 60.3 Å². The average molecular weight is 326 g/mol. The normalized spacial score (nSPS) is 15.0. The van der Waals surface area contributed by atoms with Crippen molar-refractivity contribution in [1.82, 2.24) is 4.98 Å². The largest absolute Gasteiger partial charge is 0.417 e. The second-order valence-corrected chi connectivity index (χ2v) is 5.38. The van der Waals surface area contributed by atoms with Gasteiger partial charge in [0, 0.05) is 6.20 Å². The van der Waals surface area contributed by atoms with E-state index < -0.39 is 11.7 Å². The van der Waals surface area contributed by atoms with Crippen LogP contribution in [-0.4, -0.2) is 11.2 Å². The Hall–Kier alpha value is -2.87. The van der Waals surface area contributed by atoms with E-state index in [1.165, 1.54) is 12.3 Å². The number of rotatable bonds is 2. The summed E-state index contributed by atoms with van der Waals surface area (Å²) in [6, 6.07) is 13.3. The third kappa shape index (κ3) is 2.95. The standard InChI is InChI=1S/C19H13F3N2/c20-19(21,22)18-15(14-7-2-1-6-13(14)12-23)8-5-9-16(18)17-10-3-4-11-24-17/h1-4,6-8,10-11H,5,9H2. The van der Waals surface area contributed by atoms with Gasteiger partial charge < -0.3 is 0 Å². The minimum Gasteiger partial charge on any atom is -0.257 e.